The highest BCUT2D eigenvalue weighted by Gasteiger charge is 2.92. The zero-order valence-electron chi connectivity index (χ0n) is 14.0. The summed E-state index contributed by atoms with van der Waals surface area (Å²) < 4.78 is 218. The molecule has 1 atom stereocenters. The molecule has 0 aliphatic rings. The molecule has 0 aromatic rings. The van der Waals surface area contributed by atoms with E-state index in [-0.39, 0.29) is 0 Å². The maximum Gasteiger partial charge on any atom is 0.384 e. The molecule has 0 fully saturated rings. The van der Waals surface area contributed by atoms with Crippen LogP contribution in [0.3, 0.4) is 0 Å². The van der Waals surface area contributed by atoms with Crippen molar-refractivity contribution in [1.82, 2.24) is 5.32 Å². The first-order valence-electron chi connectivity index (χ1n) is 6.50. The fourth-order valence-corrected chi connectivity index (χ4v) is 1.80. The second-order valence-corrected chi connectivity index (χ2v) is 6.62. The van der Waals surface area contributed by atoms with E-state index in [0.717, 1.165) is 0 Å². The molecule has 4 nitrogen and oxygen atoms in total. The van der Waals surface area contributed by atoms with Gasteiger partial charge in [-0.15, -0.1) is 0 Å². The third kappa shape index (κ3) is 4.68. The maximum atomic E-state index is 13.0. The molecular formula is C10H10F15NO3S. The van der Waals surface area contributed by atoms with Crippen LogP contribution in [0.2, 0.25) is 0 Å². The molecule has 0 spiro atoms. The van der Waals surface area contributed by atoms with E-state index in [1.807, 2.05) is 14.1 Å². The van der Waals surface area contributed by atoms with E-state index >= 15 is 0 Å². The Hall–Kier alpha value is -1.18. The molecule has 20 heteroatoms. The van der Waals surface area contributed by atoms with Gasteiger partial charge in [-0.1, -0.05) is 0 Å². The lowest BCUT2D eigenvalue weighted by Crippen LogP contribution is -2.72. The van der Waals surface area contributed by atoms with Gasteiger partial charge in [0.1, 0.15) is 0 Å². The van der Waals surface area contributed by atoms with Crippen molar-refractivity contribution in [3.8, 4) is 0 Å². The Morgan fingerprint density at radius 1 is 0.633 bits per heavy atom. The summed E-state index contributed by atoms with van der Waals surface area (Å²) in [7, 11) is -3.31. The molecule has 0 aliphatic heterocycles. The summed E-state index contributed by atoms with van der Waals surface area (Å²) in [6.07, 6.45) is -5.89. The first kappa shape index (κ1) is 31.0. The summed E-state index contributed by atoms with van der Waals surface area (Å²) in [5, 5.41) is 2.75. The first-order valence-corrected chi connectivity index (χ1v) is 8.00. The predicted molar refractivity (Wildman–Crippen MR) is 67.1 cm³/mol. The van der Waals surface area contributed by atoms with Gasteiger partial charge in [-0.2, -0.15) is 61.1 Å². The van der Waals surface area contributed by atoms with Gasteiger partial charge in [0.25, 0.3) is 5.50 Å². The fourth-order valence-electron chi connectivity index (χ4n) is 1.28. The van der Waals surface area contributed by atoms with Crippen LogP contribution >= 0.6 is 0 Å². The average molecular weight is 509 g/mol. The lowest BCUT2D eigenvalue weighted by atomic mass is 9.91. The van der Waals surface area contributed by atoms with Crippen molar-refractivity contribution >= 4 is 10.1 Å². The van der Waals surface area contributed by atoms with Crippen molar-refractivity contribution in [3.63, 3.8) is 0 Å². The van der Waals surface area contributed by atoms with Gasteiger partial charge in [0.2, 0.25) is 0 Å². The van der Waals surface area contributed by atoms with E-state index in [9.17, 15) is 74.3 Å². The van der Waals surface area contributed by atoms with E-state index in [2.05, 4.69) is 5.32 Å². The molecule has 1 unspecified atom stereocenters. The molecular weight excluding hydrogens is 499 g/mol. The molecule has 0 amide bonds. The molecule has 0 aliphatic carbocycles. The number of hydrogen-bond donors (Lipinski definition) is 2. The Morgan fingerprint density at radius 3 is 1.07 bits per heavy atom. The molecule has 0 saturated carbocycles. The number of hydrogen-bond acceptors (Lipinski definition) is 3. The average Bonchev–Trinajstić information content (AvgIpc) is 2.52. The van der Waals surface area contributed by atoms with Crippen LogP contribution in [0.15, 0.2) is 0 Å². The molecule has 0 saturated heterocycles. The van der Waals surface area contributed by atoms with Gasteiger partial charge in [0.05, 0.1) is 0 Å². The first-order chi connectivity index (χ1) is 12.8. The van der Waals surface area contributed by atoms with E-state index in [4.69, 9.17) is 4.55 Å². The SMILES string of the molecule is CNC.O=S(=O)(O)C(F)C(F)(F)C(F)(F)C(F)(F)C(F)(F)C(F)(F)C(F)(F)C(F)F. The summed E-state index contributed by atoms with van der Waals surface area (Å²) in [6, 6.07) is 0. The largest absolute Gasteiger partial charge is 0.384 e. The molecule has 30 heavy (non-hydrogen) atoms. The minimum Gasteiger partial charge on any atom is -0.323 e. The van der Waals surface area contributed by atoms with Gasteiger partial charge in [0, 0.05) is 0 Å². The minimum absolute atomic E-state index is 1.88. The van der Waals surface area contributed by atoms with E-state index in [1.165, 1.54) is 0 Å². The van der Waals surface area contributed by atoms with E-state index < -0.39 is 57.6 Å². The van der Waals surface area contributed by atoms with Crippen molar-refractivity contribution in [2.45, 2.75) is 47.5 Å². The van der Waals surface area contributed by atoms with Crippen LogP contribution in [-0.4, -0.2) is 74.5 Å². The highest BCUT2D eigenvalue weighted by molar-refractivity contribution is 7.86. The predicted octanol–water partition coefficient (Wildman–Crippen LogP) is 4.08. The zero-order valence-corrected chi connectivity index (χ0v) is 14.8. The molecule has 2 N–H and O–H groups in total. The summed E-state index contributed by atoms with van der Waals surface area (Å²) in [5.74, 6) is -48.3. The Labute approximate surface area is 157 Å². The Morgan fingerprint density at radius 2 is 0.867 bits per heavy atom. The number of nitrogens with one attached hydrogen (secondary N) is 1. The molecule has 0 aromatic heterocycles. The van der Waals surface area contributed by atoms with Gasteiger partial charge < -0.3 is 5.32 Å². The monoisotopic (exact) mass is 509 g/mol. The topological polar surface area (TPSA) is 66.4 Å². The number of halogens is 15. The summed E-state index contributed by atoms with van der Waals surface area (Å²) in [5.41, 5.74) is -5.83. The van der Waals surface area contributed by atoms with Crippen LogP contribution in [0.4, 0.5) is 65.9 Å². The molecule has 0 aromatic carbocycles. The van der Waals surface area contributed by atoms with E-state index in [0.29, 0.717) is 0 Å². The van der Waals surface area contributed by atoms with Gasteiger partial charge in [-0.05, 0) is 14.1 Å². The lowest BCUT2D eigenvalue weighted by Gasteiger charge is -2.41. The van der Waals surface area contributed by atoms with Crippen LogP contribution in [0.25, 0.3) is 0 Å². The second-order valence-electron chi connectivity index (χ2n) is 5.18. The second kappa shape index (κ2) is 8.75. The lowest BCUT2D eigenvalue weighted by molar-refractivity contribution is -0.434. The van der Waals surface area contributed by atoms with Crippen LogP contribution in [0, 0.1) is 0 Å². The molecule has 0 radical (unpaired) electrons. The molecule has 184 valence electrons. The summed E-state index contributed by atoms with van der Waals surface area (Å²) >= 11 is 0. The van der Waals surface area contributed by atoms with Crippen LogP contribution < -0.4 is 5.32 Å². The van der Waals surface area contributed by atoms with Gasteiger partial charge >= 0.3 is 52.1 Å². The summed E-state index contributed by atoms with van der Waals surface area (Å²) in [4.78, 5) is 0. The van der Waals surface area contributed by atoms with Gasteiger partial charge in [-0.25, -0.2) is 13.2 Å². The van der Waals surface area contributed by atoms with Gasteiger partial charge in [-0.3, -0.25) is 4.55 Å². The van der Waals surface area contributed by atoms with Crippen molar-refractivity contribution in [2.24, 2.45) is 0 Å². The van der Waals surface area contributed by atoms with Crippen LogP contribution in [0.5, 0.6) is 0 Å². The molecule has 0 rings (SSSR count). The van der Waals surface area contributed by atoms with E-state index in [1.54, 1.807) is 0 Å². The third-order valence-corrected chi connectivity index (χ3v) is 3.66. The number of rotatable bonds is 8. The Balaban J connectivity index is 0. The summed E-state index contributed by atoms with van der Waals surface area (Å²) in [6.45, 7) is 0. The zero-order chi connectivity index (χ0) is 25.4. The standard InChI is InChI=1S/C8H3F15O3S.C2H7N/c9-1(10)3(12,13)5(16,17)7(20,21)8(22,23)6(18,19)4(14,15)2(11)27(24,25)26;1-3-2/h1-2H,(H,24,25,26);3H,1-2H3. The van der Waals surface area contributed by atoms with Crippen LogP contribution in [0.1, 0.15) is 0 Å². The Bertz CT molecular complexity index is 678. The van der Waals surface area contributed by atoms with Crippen LogP contribution in [-0.2, 0) is 10.1 Å². The van der Waals surface area contributed by atoms with Crippen molar-refractivity contribution < 1.29 is 78.8 Å². The molecule has 0 bridgehead atoms. The fraction of sp³-hybridized carbons (Fsp3) is 1.00. The third-order valence-electron chi connectivity index (χ3n) is 2.84. The van der Waals surface area contributed by atoms with Crippen molar-refractivity contribution in [1.29, 1.82) is 0 Å². The maximum absolute atomic E-state index is 13.0. The van der Waals surface area contributed by atoms with Crippen molar-refractivity contribution in [3.05, 3.63) is 0 Å². The van der Waals surface area contributed by atoms with Gasteiger partial charge in [0.15, 0.2) is 0 Å². The smallest absolute Gasteiger partial charge is 0.323 e. The van der Waals surface area contributed by atoms with Crippen molar-refractivity contribution in [2.75, 3.05) is 14.1 Å². The quantitative estimate of drug-likeness (QED) is 0.383. The Kier molecular flexibility index (Phi) is 9.05. The number of alkyl halides is 15. The molecule has 0 heterocycles. The normalized spacial score (nSPS) is 16.2. The minimum atomic E-state index is -8.44. The highest BCUT2D eigenvalue weighted by atomic mass is 32.2. The highest BCUT2D eigenvalue weighted by Crippen LogP contribution is 2.61.